The molecular weight excluding hydrogens is 434 g/mol. The smallest absolute Gasteiger partial charge is 0.359 e. The Morgan fingerprint density at radius 1 is 1.09 bits per heavy atom. The third-order valence-electron chi connectivity index (χ3n) is 4.49. The van der Waals surface area contributed by atoms with Crippen molar-refractivity contribution in [3.8, 4) is 0 Å². The van der Waals surface area contributed by atoms with Crippen molar-refractivity contribution in [2.75, 3.05) is 11.1 Å². The summed E-state index contributed by atoms with van der Waals surface area (Å²) < 4.78 is 6.58. The van der Waals surface area contributed by atoms with Crippen LogP contribution in [-0.2, 0) is 17.9 Å². The Labute approximate surface area is 187 Å². The van der Waals surface area contributed by atoms with Gasteiger partial charge in [0.2, 0.25) is 11.9 Å². The minimum Gasteiger partial charge on any atom is -0.453 e. The molecule has 2 heterocycles. The van der Waals surface area contributed by atoms with E-state index in [1.807, 2.05) is 0 Å². The van der Waals surface area contributed by atoms with E-state index in [0.717, 1.165) is 0 Å². The van der Waals surface area contributed by atoms with Gasteiger partial charge in [0.05, 0.1) is 5.39 Å². The lowest BCUT2D eigenvalue weighted by molar-refractivity contribution is 0.0455. The zero-order valence-corrected chi connectivity index (χ0v) is 17.7. The molecule has 0 saturated heterocycles. The number of aromatic nitrogens is 5. The number of nitrogen functional groups attached to an aromatic ring is 1. The van der Waals surface area contributed by atoms with Crippen LogP contribution in [0.25, 0.3) is 10.8 Å². The third kappa shape index (κ3) is 4.49. The number of carbonyl (C=O) groups excluding carboxylic acids is 1. The summed E-state index contributed by atoms with van der Waals surface area (Å²) in [5, 5.41) is 8.53. The van der Waals surface area contributed by atoms with E-state index in [4.69, 9.17) is 22.1 Å². The fourth-order valence-corrected chi connectivity index (χ4v) is 3.15. The second-order valence-corrected chi connectivity index (χ2v) is 7.09. The van der Waals surface area contributed by atoms with Crippen molar-refractivity contribution in [1.82, 2.24) is 24.7 Å². The van der Waals surface area contributed by atoms with E-state index in [9.17, 15) is 9.59 Å². The van der Waals surface area contributed by atoms with Crippen LogP contribution in [0.4, 0.5) is 17.6 Å². The molecule has 4 rings (SSSR count). The van der Waals surface area contributed by atoms with Crippen LogP contribution in [0.1, 0.15) is 23.2 Å². The molecule has 4 aromatic rings. The summed E-state index contributed by atoms with van der Waals surface area (Å²) in [4.78, 5) is 37.5. The molecule has 2 aromatic heterocycles. The van der Waals surface area contributed by atoms with Gasteiger partial charge in [0.1, 0.15) is 0 Å². The van der Waals surface area contributed by atoms with Crippen LogP contribution in [-0.4, -0.2) is 30.7 Å². The highest BCUT2D eigenvalue weighted by Gasteiger charge is 2.18. The number of hydrogen-bond donors (Lipinski definition) is 2. The number of carbonyl (C=O) groups is 1. The summed E-state index contributed by atoms with van der Waals surface area (Å²) in [6, 6.07) is 13.7. The van der Waals surface area contributed by atoms with Crippen molar-refractivity contribution in [2.24, 2.45) is 0 Å². The fourth-order valence-electron chi connectivity index (χ4n) is 3.02. The first-order valence-corrected chi connectivity index (χ1v) is 10.0. The number of hydrogen-bond acceptors (Lipinski definition) is 9. The SMILES string of the molecule is CCn1nc(C(=O)OCc2nc(N)nc(Nc3ccc(Cl)cc3)n2)c2ccccc2c1=O. The molecule has 0 aliphatic carbocycles. The zero-order valence-electron chi connectivity index (χ0n) is 16.9. The van der Waals surface area contributed by atoms with Gasteiger partial charge >= 0.3 is 5.97 Å². The summed E-state index contributed by atoms with van der Waals surface area (Å²) in [6.07, 6.45) is 0. The standard InChI is InChI=1S/C21H18ClN7O3/c1-2-29-18(30)15-6-4-3-5-14(15)17(28-29)19(31)32-11-16-25-20(23)27-21(26-16)24-13-9-7-12(22)8-10-13/h3-10H,2,11H2,1H3,(H3,23,24,25,26,27). The van der Waals surface area contributed by atoms with Gasteiger partial charge < -0.3 is 15.8 Å². The summed E-state index contributed by atoms with van der Waals surface area (Å²) >= 11 is 5.89. The maximum Gasteiger partial charge on any atom is 0.359 e. The maximum atomic E-state index is 12.8. The number of aryl methyl sites for hydroxylation is 1. The van der Waals surface area contributed by atoms with Gasteiger partial charge in [-0.15, -0.1) is 0 Å². The lowest BCUT2D eigenvalue weighted by atomic mass is 10.1. The Hall–Kier alpha value is -4.05. The predicted octanol–water partition coefficient (Wildman–Crippen LogP) is 2.94. The minimum atomic E-state index is -0.713. The number of anilines is 3. The lowest BCUT2D eigenvalue weighted by Gasteiger charge is -2.10. The van der Waals surface area contributed by atoms with E-state index in [1.54, 1.807) is 55.5 Å². The van der Waals surface area contributed by atoms with Crippen LogP contribution in [0.2, 0.25) is 5.02 Å². The van der Waals surface area contributed by atoms with E-state index >= 15 is 0 Å². The van der Waals surface area contributed by atoms with Crippen LogP contribution in [0.3, 0.4) is 0 Å². The van der Waals surface area contributed by atoms with Gasteiger partial charge in [-0.25, -0.2) is 9.48 Å². The van der Waals surface area contributed by atoms with Crippen molar-refractivity contribution >= 4 is 45.9 Å². The zero-order chi connectivity index (χ0) is 22.7. The van der Waals surface area contributed by atoms with Gasteiger partial charge in [0, 0.05) is 22.6 Å². The number of benzene rings is 2. The Bertz CT molecular complexity index is 1360. The molecule has 0 fully saturated rings. The first-order valence-electron chi connectivity index (χ1n) is 9.64. The van der Waals surface area contributed by atoms with Crippen LogP contribution in [0.5, 0.6) is 0 Å². The Morgan fingerprint density at radius 3 is 2.53 bits per heavy atom. The first kappa shape index (κ1) is 21.2. The Balaban J connectivity index is 1.56. The number of nitrogens with two attached hydrogens (primary N) is 1. The van der Waals surface area contributed by atoms with E-state index in [0.29, 0.717) is 28.0 Å². The molecule has 0 bridgehead atoms. The van der Waals surface area contributed by atoms with Crippen molar-refractivity contribution in [3.63, 3.8) is 0 Å². The maximum absolute atomic E-state index is 12.8. The quantitative estimate of drug-likeness (QED) is 0.423. The van der Waals surface area contributed by atoms with E-state index in [2.05, 4.69) is 25.4 Å². The largest absolute Gasteiger partial charge is 0.453 e. The Morgan fingerprint density at radius 2 is 1.81 bits per heavy atom. The van der Waals surface area contributed by atoms with Crippen LogP contribution >= 0.6 is 11.6 Å². The molecule has 0 amide bonds. The van der Waals surface area contributed by atoms with Crippen molar-refractivity contribution in [3.05, 3.63) is 75.4 Å². The number of esters is 1. The van der Waals surface area contributed by atoms with E-state index < -0.39 is 5.97 Å². The number of nitrogens with zero attached hydrogens (tertiary/aromatic N) is 5. The molecule has 0 aliphatic heterocycles. The van der Waals surface area contributed by atoms with Gasteiger partial charge in [-0.3, -0.25) is 4.79 Å². The molecular formula is C21H18ClN7O3. The number of fused-ring (bicyclic) bond motifs is 1. The molecule has 3 N–H and O–H groups in total. The monoisotopic (exact) mass is 451 g/mol. The molecule has 162 valence electrons. The van der Waals surface area contributed by atoms with E-state index in [-0.39, 0.29) is 35.6 Å². The highest BCUT2D eigenvalue weighted by atomic mass is 35.5. The van der Waals surface area contributed by atoms with Crippen LogP contribution < -0.4 is 16.6 Å². The van der Waals surface area contributed by atoms with Gasteiger partial charge in [-0.05, 0) is 37.3 Å². The summed E-state index contributed by atoms with van der Waals surface area (Å²) in [5.41, 5.74) is 6.22. The predicted molar refractivity (Wildman–Crippen MR) is 120 cm³/mol. The van der Waals surface area contributed by atoms with Gasteiger partial charge in [-0.1, -0.05) is 29.8 Å². The normalized spacial score (nSPS) is 10.8. The molecule has 2 aromatic carbocycles. The fraction of sp³-hybridized carbons (Fsp3) is 0.143. The minimum absolute atomic E-state index is 0.0311. The second kappa shape index (κ2) is 8.98. The van der Waals surface area contributed by atoms with Crippen LogP contribution in [0, 0.1) is 0 Å². The van der Waals surface area contributed by atoms with E-state index in [1.165, 1.54) is 4.68 Å². The third-order valence-corrected chi connectivity index (χ3v) is 4.74. The second-order valence-electron chi connectivity index (χ2n) is 6.66. The Kier molecular flexibility index (Phi) is 5.95. The summed E-state index contributed by atoms with van der Waals surface area (Å²) in [5.74, 6) is -0.412. The molecule has 10 nitrogen and oxygen atoms in total. The molecule has 0 spiro atoms. The summed E-state index contributed by atoms with van der Waals surface area (Å²) in [7, 11) is 0. The number of nitrogens with one attached hydrogen (secondary N) is 1. The lowest BCUT2D eigenvalue weighted by Crippen LogP contribution is -2.25. The molecule has 0 saturated carbocycles. The summed E-state index contributed by atoms with van der Waals surface area (Å²) in [6.45, 7) is 1.82. The molecule has 0 atom stereocenters. The highest BCUT2D eigenvalue weighted by Crippen LogP contribution is 2.18. The molecule has 32 heavy (non-hydrogen) atoms. The van der Waals surface area contributed by atoms with Gasteiger partial charge in [-0.2, -0.15) is 20.1 Å². The van der Waals surface area contributed by atoms with Crippen molar-refractivity contribution in [2.45, 2.75) is 20.1 Å². The molecule has 0 radical (unpaired) electrons. The van der Waals surface area contributed by atoms with Crippen molar-refractivity contribution < 1.29 is 9.53 Å². The molecule has 11 heteroatoms. The van der Waals surface area contributed by atoms with Crippen LogP contribution in [0.15, 0.2) is 53.3 Å². The first-order chi connectivity index (χ1) is 15.4. The van der Waals surface area contributed by atoms with Crippen molar-refractivity contribution in [1.29, 1.82) is 0 Å². The average Bonchev–Trinajstić information content (AvgIpc) is 2.79. The number of ether oxygens (including phenoxy) is 1. The average molecular weight is 452 g/mol. The van der Waals surface area contributed by atoms with Gasteiger partial charge in [0.15, 0.2) is 18.1 Å². The topological polar surface area (TPSA) is 138 Å². The van der Waals surface area contributed by atoms with Gasteiger partial charge in [0.25, 0.3) is 5.56 Å². The molecule has 0 unspecified atom stereocenters. The molecule has 0 aliphatic rings. The highest BCUT2D eigenvalue weighted by molar-refractivity contribution is 6.30. The number of halogens is 1. The number of rotatable bonds is 6.